The molecular weight excluding hydrogens is 202 g/mol. The molecule has 94 valence electrons. The third kappa shape index (κ3) is 4.52. The van der Waals surface area contributed by atoms with Gasteiger partial charge in [-0.2, -0.15) is 0 Å². The molecule has 1 fully saturated rings. The summed E-state index contributed by atoms with van der Waals surface area (Å²) in [7, 11) is 0. The molecule has 3 heteroatoms. The second kappa shape index (κ2) is 5.67. The van der Waals surface area contributed by atoms with Crippen molar-refractivity contribution < 1.29 is 9.53 Å². The number of hydrogen-bond acceptors (Lipinski definition) is 3. The maximum absolute atomic E-state index is 11.7. The van der Waals surface area contributed by atoms with Crippen LogP contribution in [0.2, 0.25) is 0 Å². The van der Waals surface area contributed by atoms with E-state index < -0.39 is 0 Å². The van der Waals surface area contributed by atoms with Gasteiger partial charge < -0.3 is 4.74 Å². The molecular formula is C13H25NO2. The standard InChI is InChI=1S/C13H25NO2/c1-5-11-8-6-7-9-14(11)10-12(15)16-13(2,3)4/h11H,5-10H2,1-4H3. The minimum Gasteiger partial charge on any atom is -0.459 e. The molecule has 0 bridgehead atoms. The van der Waals surface area contributed by atoms with Crippen LogP contribution in [0.25, 0.3) is 0 Å². The summed E-state index contributed by atoms with van der Waals surface area (Å²) < 4.78 is 5.35. The molecule has 0 N–H and O–H groups in total. The minimum absolute atomic E-state index is 0.0900. The van der Waals surface area contributed by atoms with Gasteiger partial charge in [0, 0.05) is 6.04 Å². The van der Waals surface area contributed by atoms with E-state index in [0.29, 0.717) is 12.6 Å². The maximum Gasteiger partial charge on any atom is 0.320 e. The zero-order valence-corrected chi connectivity index (χ0v) is 11.1. The SMILES string of the molecule is CCC1CCCCN1CC(=O)OC(C)(C)C. The van der Waals surface area contributed by atoms with Gasteiger partial charge in [0.15, 0.2) is 0 Å². The molecule has 1 heterocycles. The van der Waals surface area contributed by atoms with E-state index in [9.17, 15) is 4.79 Å². The van der Waals surface area contributed by atoms with Crippen LogP contribution in [-0.2, 0) is 9.53 Å². The largest absolute Gasteiger partial charge is 0.459 e. The number of piperidine rings is 1. The van der Waals surface area contributed by atoms with Crippen LogP contribution in [0.1, 0.15) is 53.4 Å². The predicted octanol–water partition coefficient (Wildman–Crippen LogP) is 2.59. The topological polar surface area (TPSA) is 29.5 Å². The van der Waals surface area contributed by atoms with E-state index in [-0.39, 0.29) is 11.6 Å². The van der Waals surface area contributed by atoms with Crippen molar-refractivity contribution in [1.29, 1.82) is 0 Å². The summed E-state index contributed by atoms with van der Waals surface area (Å²) in [6.07, 6.45) is 4.85. The molecule has 3 nitrogen and oxygen atoms in total. The Morgan fingerprint density at radius 1 is 1.38 bits per heavy atom. The van der Waals surface area contributed by atoms with Gasteiger partial charge in [0.2, 0.25) is 0 Å². The number of rotatable bonds is 3. The molecule has 1 rings (SSSR count). The third-order valence-corrected chi connectivity index (χ3v) is 2.97. The maximum atomic E-state index is 11.7. The van der Waals surface area contributed by atoms with Crippen molar-refractivity contribution in [2.75, 3.05) is 13.1 Å². The fourth-order valence-corrected chi connectivity index (χ4v) is 2.27. The summed E-state index contributed by atoms with van der Waals surface area (Å²) in [6, 6.07) is 0.571. The van der Waals surface area contributed by atoms with Gasteiger partial charge in [0.1, 0.15) is 5.60 Å². The van der Waals surface area contributed by atoms with Gasteiger partial charge in [-0.3, -0.25) is 9.69 Å². The van der Waals surface area contributed by atoms with E-state index in [1.54, 1.807) is 0 Å². The highest BCUT2D eigenvalue weighted by Crippen LogP contribution is 2.19. The summed E-state index contributed by atoms with van der Waals surface area (Å²) in [5.74, 6) is -0.0900. The molecule has 1 atom stereocenters. The van der Waals surface area contributed by atoms with Crippen molar-refractivity contribution in [2.45, 2.75) is 65.0 Å². The lowest BCUT2D eigenvalue weighted by atomic mass is 10.0. The van der Waals surface area contributed by atoms with Crippen molar-refractivity contribution in [1.82, 2.24) is 4.90 Å². The molecule has 1 aliphatic rings. The number of likely N-dealkylation sites (tertiary alicyclic amines) is 1. The minimum atomic E-state index is -0.366. The lowest BCUT2D eigenvalue weighted by Gasteiger charge is -2.35. The van der Waals surface area contributed by atoms with Crippen molar-refractivity contribution in [3.63, 3.8) is 0 Å². The first-order chi connectivity index (χ1) is 7.42. The Morgan fingerprint density at radius 3 is 2.62 bits per heavy atom. The van der Waals surface area contributed by atoms with Gasteiger partial charge in [0.25, 0.3) is 0 Å². The van der Waals surface area contributed by atoms with Crippen LogP contribution < -0.4 is 0 Å². The van der Waals surface area contributed by atoms with E-state index in [4.69, 9.17) is 4.74 Å². The number of carbonyl (C=O) groups is 1. The third-order valence-electron chi connectivity index (χ3n) is 2.97. The number of hydrogen-bond donors (Lipinski definition) is 0. The Kier molecular flexibility index (Phi) is 4.78. The van der Waals surface area contributed by atoms with Crippen molar-refractivity contribution in [2.24, 2.45) is 0 Å². The Balaban J connectivity index is 2.42. The van der Waals surface area contributed by atoms with E-state index in [1.807, 2.05) is 20.8 Å². The van der Waals surface area contributed by atoms with Crippen LogP contribution in [0.15, 0.2) is 0 Å². The van der Waals surface area contributed by atoms with Crippen LogP contribution in [0.5, 0.6) is 0 Å². The van der Waals surface area contributed by atoms with E-state index >= 15 is 0 Å². The second-order valence-corrected chi connectivity index (χ2v) is 5.61. The molecule has 0 aromatic carbocycles. The van der Waals surface area contributed by atoms with Crippen molar-refractivity contribution in [3.8, 4) is 0 Å². The van der Waals surface area contributed by atoms with Gasteiger partial charge in [-0.25, -0.2) is 0 Å². The molecule has 0 amide bonds. The highest BCUT2D eigenvalue weighted by molar-refractivity contribution is 5.72. The molecule has 0 aromatic heterocycles. The molecule has 1 saturated heterocycles. The van der Waals surface area contributed by atoms with Gasteiger partial charge in [-0.1, -0.05) is 13.3 Å². The first-order valence-electron chi connectivity index (χ1n) is 6.38. The van der Waals surface area contributed by atoms with Crippen LogP contribution in [0, 0.1) is 0 Å². The fourth-order valence-electron chi connectivity index (χ4n) is 2.27. The lowest BCUT2D eigenvalue weighted by Crippen LogP contribution is -2.43. The number of esters is 1. The van der Waals surface area contributed by atoms with Crippen LogP contribution in [-0.4, -0.2) is 35.6 Å². The first kappa shape index (κ1) is 13.5. The fraction of sp³-hybridized carbons (Fsp3) is 0.923. The van der Waals surface area contributed by atoms with Gasteiger partial charge in [-0.05, 0) is 46.6 Å². The Hall–Kier alpha value is -0.570. The van der Waals surface area contributed by atoms with Crippen LogP contribution >= 0.6 is 0 Å². The van der Waals surface area contributed by atoms with E-state index in [0.717, 1.165) is 13.0 Å². The zero-order chi connectivity index (χ0) is 12.2. The molecule has 0 aromatic rings. The van der Waals surface area contributed by atoms with E-state index in [1.165, 1.54) is 19.3 Å². The molecule has 1 unspecified atom stereocenters. The van der Waals surface area contributed by atoms with Crippen molar-refractivity contribution in [3.05, 3.63) is 0 Å². The average Bonchev–Trinajstić information content (AvgIpc) is 2.15. The van der Waals surface area contributed by atoms with E-state index in [2.05, 4.69) is 11.8 Å². The second-order valence-electron chi connectivity index (χ2n) is 5.61. The molecule has 0 spiro atoms. The number of nitrogens with zero attached hydrogens (tertiary/aromatic N) is 1. The molecule has 1 aliphatic heterocycles. The summed E-state index contributed by atoms with van der Waals surface area (Å²) in [6.45, 7) is 9.43. The van der Waals surface area contributed by atoms with Crippen LogP contribution in [0.3, 0.4) is 0 Å². The summed E-state index contributed by atoms with van der Waals surface area (Å²) in [4.78, 5) is 14.0. The Labute approximate surface area is 99.1 Å². The monoisotopic (exact) mass is 227 g/mol. The lowest BCUT2D eigenvalue weighted by molar-refractivity contribution is -0.157. The molecule has 0 radical (unpaired) electrons. The summed E-state index contributed by atoms with van der Waals surface area (Å²) in [5.41, 5.74) is -0.366. The highest BCUT2D eigenvalue weighted by atomic mass is 16.6. The molecule has 16 heavy (non-hydrogen) atoms. The number of ether oxygens (including phenoxy) is 1. The summed E-state index contributed by atoms with van der Waals surface area (Å²) >= 11 is 0. The van der Waals surface area contributed by atoms with Crippen molar-refractivity contribution >= 4 is 5.97 Å². The van der Waals surface area contributed by atoms with Gasteiger partial charge >= 0.3 is 5.97 Å². The van der Waals surface area contributed by atoms with Gasteiger partial charge in [-0.15, -0.1) is 0 Å². The quantitative estimate of drug-likeness (QED) is 0.694. The first-order valence-corrected chi connectivity index (χ1v) is 6.38. The predicted molar refractivity (Wildman–Crippen MR) is 65.3 cm³/mol. The Morgan fingerprint density at radius 2 is 2.06 bits per heavy atom. The van der Waals surface area contributed by atoms with Crippen LogP contribution in [0.4, 0.5) is 0 Å². The molecule has 0 saturated carbocycles. The smallest absolute Gasteiger partial charge is 0.320 e. The average molecular weight is 227 g/mol. The number of carbonyl (C=O) groups excluding carboxylic acids is 1. The Bertz CT molecular complexity index is 233. The summed E-state index contributed by atoms with van der Waals surface area (Å²) in [5, 5.41) is 0. The van der Waals surface area contributed by atoms with Gasteiger partial charge in [0.05, 0.1) is 6.54 Å². The highest BCUT2D eigenvalue weighted by Gasteiger charge is 2.25. The zero-order valence-electron chi connectivity index (χ0n) is 11.1. The molecule has 0 aliphatic carbocycles. The normalized spacial score (nSPS) is 23.1.